The molecule has 5 nitrogen and oxygen atoms in total. The second-order valence-corrected chi connectivity index (χ2v) is 7.88. The predicted molar refractivity (Wildman–Crippen MR) is 116 cm³/mol. The fraction of sp³-hybridized carbons (Fsp3) is 0.125. The molecule has 0 N–H and O–H groups in total. The van der Waals surface area contributed by atoms with E-state index in [1.165, 1.54) is 4.90 Å². The molecule has 0 spiro atoms. The summed E-state index contributed by atoms with van der Waals surface area (Å²) >= 11 is 6.24. The monoisotopic (exact) mass is 416 g/mol. The van der Waals surface area contributed by atoms with Crippen molar-refractivity contribution in [3.8, 4) is 0 Å². The average Bonchev–Trinajstić information content (AvgIpc) is 3.01. The van der Waals surface area contributed by atoms with Crippen molar-refractivity contribution in [1.29, 1.82) is 0 Å². The number of fused-ring (bicyclic) bond motifs is 2. The Kier molecular flexibility index (Phi) is 4.22. The third-order valence-electron chi connectivity index (χ3n) is 5.31. The van der Waals surface area contributed by atoms with E-state index in [4.69, 9.17) is 16.0 Å². The van der Waals surface area contributed by atoms with Crippen LogP contribution >= 0.6 is 11.6 Å². The SMILES string of the molecule is Cc1ccc2oc3c(c(=O)c2c1)[C@@H](c1cccc(Cl)c1)N(c1cccc(C)n1)C3=O. The number of carbonyl (C=O) groups is 1. The second kappa shape index (κ2) is 6.82. The highest BCUT2D eigenvalue weighted by Gasteiger charge is 2.44. The molecule has 2 aromatic heterocycles. The van der Waals surface area contributed by atoms with Gasteiger partial charge in [-0.05, 0) is 55.8 Å². The molecule has 148 valence electrons. The number of halogens is 1. The van der Waals surface area contributed by atoms with Crippen LogP contribution in [0.5, 0.6) is 0 Å². The number of aryl methyl sites for hydroxylation is 2. The zero-order valence-electron chi connectivity index (χ0n) is 16.3. The van der Waals surface area contributed by atoms with E-state index in [0.717, 1.165) is 16.8 Å². The van der Waals surface area contributed by atoms with E-state index in [-0.39, 0.29) is 11.2 Å². The third kappa shape index (κ3) is 2.82. The van der Waals surface area contributed by atoms with Crippen molar-refractivity contribution in [2.75, 3.05) is 4.90 Å². The number of benzene rings is 2. The normalized spacial score (nSPS) is 15.6. The van der Waals surface area contributed by atoms with Crippen molar-refractivity contribution in [2.24, 2.45) is 0 Å². The molecule has 0 bridgehead atoms. The Morgan fingerprint density at radius 2 is 1.80 bits per heavy atom. The quantitative estimate of drug-likeness (QED) is 0.450. The van der Waals surface area contributed by atoms with Crippen molar-refractivity contribution < 1.29 is 9.21 Å². The van der Waals surface area contributed by atoms with Crippen LogP contribution in [0.25, 0.3) is 11.0 Å². The first-order chi connectivity index (χ1) is 14.4. The summed E-state index contributed by atoms with van der Waals surface area (Å²) in [7, 11) is 0. The molecule has 30 heavy (non-hydrogen) atoms. The zero-order valence-corrected chi connectivity index (χ0v) is 17.1. The highest BCUT2D eigenvalue weighted by Crippen LogP contribution is 2.41. The minimum Gasteiger partial charge on any atom is -0.450 e. The molecule has 1 aliphatic rings. The van der Waals surface area contributed by atoms with Crippen LogP contribution in [-0.2, 0) is 0 Å². The summed E-state index contributed by atoms with van der Waals surface area (Å²) in [5, 5.41) is 0.971. The molecular weight excluding hydrogens is 400 g/mol. The smallest absolute Gasteiger partial charge is 0.296 e. The molecule has 6 heteroatoms. The fourth-order valence-corrected chi connectivity index (χ4v) is 4.18. The highest BCUT2D eigenvalue weighted by atomic mass is 35.5. The van der Waals surface area contributed by atoms with Gasteiger partial charge < -0.3 is 4.42 Å². The van der Waals surface area contributed by atoms with E-state index >= 15 is 0 Å². The van der Waals surface area contributed by atoms with Crippen molar-refractivity contribution in [1.82, 2.24) is 4.98 Å². The summed E-state index contributed by atoms with van der Waals surface area (Å²) < 4.78 is 5.96. The Bertz CT molecular complexity index is 1390. The van der Waals surface area contributed by atoms with Crippen LogP contribution < -0.4 is 10.3 Å². The van der Waals surface area contributed by atoms with Crippen LogP contribution in [0.15, 0.2) is 69.9 Å². The summed E-state index contributed by atoms with van der Waals surface area (Å²) in [5.41, 5.74) is 2.91. The molecule has 4 aromatic rings. The third-order valence-corrected chi connectivity index (χ3v) is 5.55. The standard InChI is InChI=1S/C24H17ClN2O3/c1-13-9-10-18-17(11-13)22(28)20-21(15-6-4-7-16(25)12-15)27(24(29)23(20)30-18)19-8-3-5-14(2)26-19/h3-12,21H,1-2H3/t21-/m1/s1. The maximum Gasteiger partial charge on any atom is 0.296 e. The van der Waals surface area contributed by atoms with Gasteiger partial charge in [-0.3, -0.25) is 14.5 Å². The average molecular weight is 417 g/mol. The molecule has 0 saturated heterocycles. The largest absolute Gasteiger partial charge is 0.450 e. The molecule has 0 saturated carbocycles. The molecular formula is C24H17ClN2O3. The maximum absolute atomic E-state index is 13.5. The summed E-state index contributed by atoms with van der Waals surface area (Å²) in [6, 6.07) is 17.3. The number of pyridine rings is 1. The van der Waals surface area contributed by atoms with Crippen molar-refractivity contribution in [3.05, 3.63) is 104 Å². The van der Waals surface area contributed by atoms with Gasteiger partial charge in [-0.1, -0.05) is 41.4 Å². The Morgan fingerprint density at radius 1 is 1.00 bits per heavy atom. The molecule has 1 amide bonds. The predicted octanol–water partition coefficient (Wildman–Crippen LogP) is 5.21. The van der Waals surface area contributed by atoms with Crippen molar-refractivity contribution in [2.45, 2.75) is 19.9 Å². The first kappa shape index (κ1) is 18.6. The van der Waals surface area contributed by atoms with E-state index in [0.29, 0.717) is 27.4 Å². The first-order valence-corrected chi connectivity index (χ1v) is 9.92. The molecule has 0 aliphatic carbocycles. The summed E-state index contributed by atoms with van der Waals surface area (Å²) in [5.74, 6) is 0.105. The van der Waals surface area contributed by atoms with Gasteiger partial charge in [0.15, 0.2) is 5.43 Å². The Morgan fingerprint density at radius 3 is 2.57 bits per heavy atom. The number of hydrogen-bond donors (Lipinski definition) is 0. The number of aromatic nitrogens is 1. The van der Waals surface area contributed by atoms with Gasteiger partial charge in [0, 0.05) is 10.7 Å². The highest BCUT2D eigenvalue weighted by molar-refractivity contribution is 6.30. The van der Waals surface area contributed by atoms with Crippen LogP contribution in [0, 0.1) is 13.8 Å². The molecule has 1 aliphatic heterocycles. The molecule has 0 fully saturated rings. The number of nitrogens with zero attached hydrogens (tertiary/aromatic N) is 2. The van der Waals surface area contributed by atoms with Gasteiger partial charge in [-0.2, -0.15) is 0 Å². The van der Waals surface area contributed by atoms with E-state index < -0.39 is 11.9 Å². The summed E-state index contributed by atoms with van der Waals surface area (Å²) in [6.07, 6.45) is 0. The molecule has 0 radical (unpaired) electrons. The lowest BCUT2D eigenvalue weighted by Gasteiger charge is -2.24. The number of carbonyl (C=O) groups excluding carboxylic acids is 1. The van der Waals surface area contributed by atoms with Crippen LogP contribution in [-0.4, -0.2) is 10.9 Å². The van der Waals surface area contributed by atoms with Crippen LogP contribution in [0.1, 0.15) is 39.0 Å². The number of anilines is 1. The number of amides is 1. The number of rotatable bonds is 2. The van der Waals surface area contributed by atoms with Gasteiger partial charge in [0.25, 0.3) is 5.91 Å². The molecule has 2 aromatic carbocycles. The van der Waals surface area contributed by atoms with Crippen molar-refractivity contribution >= 4 is 34.3 Å². The summed E-state index contributed by atoms with van der Waals surface area (Å²) in [4.78, 5) is 33.0. The molecule has 3 heterocycles. The topological polar surface area (TPSA) is 63.4 Å². The zero-order chi connectivity index (χ0) is 21.0. The van der Waals surface area contributed by atoms with Gasteiger partial charge in [0.1, 0.15) is 11.4 Å². The lowest BCUT2D eigenvalue weighted by atomic mass is 9.98. The van der Waals surface area contributed by atoms with Crippen LogP contribution in [0.2, 0.25) is 5.02 Å². The lowest BCUT2D eigenvalue weighted by molar-refractivity contribution is 0.0970. The number of hydrogen-bond acceptors (Lipinski definition) is 4. The molecule has 0 unspecified atom stereocenters. The van der Waals surface area contributed by atoms with Gasteiger partial charge in [-0.25, -0.2) is 4.98 Å². The van der Waals surface area contributed by atoms with E-state index in [1.54, 1.807) is 36.4 Å². The molecule has 1 atom stereocenters. The summed E-state index contributed by atoms with van der Waals surface area (Å²) in [6.45, 7) is 3.76. The van der Waals surface area contributed by atoms with Crippen LogP contribution in [0.3, 0.4) is 0 Å². The minimum absolute atomic E-state index is 0.0460. The lowest BCUT2D eigenvalue weighted by Crippen LogP contribution is -2.30. The van der Waals surface area contributed by atoms with Gasteiger partial charge in [0.05, 0.1) is 17.0 Å². The van der Waals surface area contributed by atoms with E-state index in [9.17, 15) is 9.59 Å². The van der Waals surface area contributed by atoms with E-state index in [1.807, 2.05) is 38.1 Å². The second-order valence-electron chi connectivity index (χ2n) is 7.44. The molecule has 5 rings (SSSR count). The maximum atomic E-state index is 13.5. The Labute approximate surface area is 177 Å². The van der Waals surface area contributed by atoms with E-state index in [2.05, 4.69) is 4.98 Å². The fourth-order valence-electron chi connectivity index (χ4n) is 3.98. The van der Waals surface area contributed by atoms with Gasteiger partial charge in [0.2, 0.25) is 5.76 Å². The Balaban J connectivity index is 1.84. The van der Waals surface area contributed by atoms with Gasteiger partial charge >= 0.3 is 0 Å². The van der Waals surface area contributed by atoms with Gasteiger partial charge in [-0.15, -0.1) is 0 Å². The van der Waals surface area contributed by atoms with Crippen molar-refractivity contribution in [3.63, 3.8) is 0 Å². The first-order valence-electron chi connectivity index (χ1n) is 9.54. The minimum atomic E-state index is -0.679. The van der Waals surface area contributed by atoms with Crippen LogP contribution in [0.4, 0.5) is 5.82 Å². The Hall–Kier alpha value is -3.44.